The smallest absolute Gasteiger partial charge is 0.0354 e. The van der Waals surface area contributed by atoms with E-state index in [0.717, 1.165) is 19.3 Å². The minimum Gasteiger partial charge on any atom is -0.103 e. The van der Waals surface area contributed by atoms with Crippen molar-refractivity contribution in [2.45, 2.75) is 66.2 Å². The molecule has 0 atom stereocenters. The molecule has 0 radical (unpaired) electrons. The highest BCUT2D eigenvalue weighted by Gasteiger charge is 1.71. The predicted octanol–water partition coefficient (Wildman–Crippen LogP) is 7.11. The molecule has 0 nitrogen and oxygen atoms in total. The van der Waals surface area contributed by atoms with Crippen molar-refractivity contribution < 1.29 is 0 Å². The lowest BCUT2D eigenvalue weighted by Crippen LogP contribution is -1.61. The Hall–Kier alpha value is -1.04. The lowest BCUT2D eigenvalue weighted by Gasteiger charge is -1.81. The number of allylic oxidation sites excluding steroid dienone is 4. The number of unbranched alkanes of at least 4 members (excludes halogenated alkanes) is 2. The molecule has 18 heavy (non-hydrogen) atoms. The third-order valence-corrected chi connectivity index (χ3v) is 1.63. The number of hydrogen-bond donors (Lipinski definition) is 0. The van der Waals surface area contributed by atoms with Crippen molar-refractivity contribution in [1.29, 1.82) is 0 Å². The Morgan fingerprint density at radius 2 is 0.889 bits per heavy atom. The summed E-state index contributed by atoms with van der Waals surface area (Å²) in [6, 6.07) is 0. The molecule has 0 saturated heterocycles. The van der Waals surface area contributed by atoms with Crippen molar-refractivity contribution in [2.75, 3.05) is 0 Å². The van der Waals surface area contributed by atoms with E-state index < -0.39 is 0 Å². The summed E-state index contributed by atoms with van der Waals surface area (Å²) in [6.07, 6.45) is 14.6. The van der Waals surface area contributed by atoms with Crippen molar-refractivity contribution in [3.8, 4) is 0 Å². The summed E-state index contributed by atoms with van der Waals surface area (Å²) in [4.78, 5) is 0. The summed E-state index contributed by atoms with van der Waals surface area (Å²) in [5.41, 5.74) is 0. The van der Waals surface area contributed by atoms with Crippen LogP contribution in [-0.2, 0) is 0 Å². The van der Waals surface area contributed by atoms with Gasteiger partial charge in [-0.25, -0.2) is 0 Å². The first-order valence-corrected chi connectivity index (χ1v) is 7.09. The highest BCUT2D eigenvalue weighted by atomic mass is 13.8. The molecule has 0 aliphatic rings. The van der Waals surface area contributed by atoms with Gasteiger partial charge in [-0.2, -0.15) is 0 Å². The fourth-order valence-corrected chi connectivity index (χ4v) is 0.348. The van der Waals surface area contributed by atoms with Gasteiger partial charge in [0.15, 0.2) is 0 Å². The Balaban J connectivity index is -0.0000000742. The van der Waals surface area contributed by atoms with Crippen LogP contribution in [0.2, 0.25) is 0 Å². The maximum Gasteiger partial charge on any atom is -0.0354 e. The monoisotopic (exact) mass is 252 g/mol. The Morgan fingerprint density at radius 1 is 0.611 bits per heavy atom. The van der Waals surface area contributed by atoms with Crippen molar-refractivity contribution >= 4 is 0 Å². The summed E-state index contributed by atoms with van der Waals surface area (Å²) in [7, 11) is 0. The third-order valence-electron chi connectivity index (χ3n) is 1.63. The van der Waals surface area contributed by atoms with Crippen LogP contribution in [0.5, 0.6) is 0 Å². The molecule has 0 aliphatic heterocycles. The second kappa shape index (κ2) is 44.5. The Kier molecular flexibility index (Phi) is 63.6. The van der Waals surface area contributed by atoms with Gasteiger partial charge in [-0.3, -0.25) is 0 Å². The fraction of sp³-hybridized carbons (Fsp3) is 0.556. The predicted molar refractivity (Wildman–Crippen MR) is 91.2 cm³/mol. The molecule has 0 amide bonds. The van der Waals surface area contributed by atoms with Crippen molar-refractivity contribution in [2.24, 2.45) is 0 Å². The molecule has 0 heteroatoms. The standard InChI is InChI=1S/C6H12.3C4H8/c1-3-5-6-4-2;3*1-3-4-2/h3H,1,4-6H2,2H3;3*3H,1,4H2,2H3. The van der Waals surface area contributed by atoms with Crippen LogP contribution in [0.1, 0.15) is 66.2 Å². The van der Waals surface area contributed by atoms with Gasteiger partial charge in [-0.1, -0.05) is 64.8 Å². The lowest BCUT2D eigenvalue weighted by atomic mass is 10.3. The first kappa shape index (κ1) is 25.7. The van der Waals surface area contributed by atoms with E-state index in [1.807, 2.05) is 24.3 Å². The van der Waals surface area contributed by atoms with Crippen LogP contribution in [0.25, 0.3) is 0 Å². The zero-order valence-corrected chi connectivity index (χ0v) is 13.4. The van der Waals surface area contributed by atoms with E-state index in [1.54, 1.807) is 0 Å². The second-order valence-corrected chi connectivity index (χ2v) is 3.52. The van der Waals surface area contributed by atoms with Crippen LogP contribution in [0.15, 0.2) is 50.6 Å². The summed E-state index contributed by atoms with van der Waals surface area (Å²) >= 11 is 0. The molecule has 0 saturated carbocycles. The molecule has 0 aromatic rings. The van der Waals surface area contributed by atoms with Crippen LogP contribution >= 0.6 is 0 Å². The van der Waals surface area contributed by atoms with E-state index in [9.17, 15) is 0 Å². The van der Waals surface area contributed by atoms with Crippen molar-refractivity contribution in [3.63, 3.8) is 0 Å². The fourth-order valence-electron chi connectivity index (χ4n) is 0.348. The molecule has 0 fully saturated rings. The Bertz CT molecular complexity index is 123. The molecule has 0 unspecified atom stereocenters. The van der Waals surface area contributed by atoms with Crippen LogP contribution in [0, 0.1) is 0 Å². The van der Waals surface area contributed by atoms with Crippen molar-refractivity contribution in [1.82, 2.24) is 0 Å². The quantitative estimate of drug-likeness (QED) is 0.349. The van der Waals surface area contributed by atoms with Gasteiger partial charge in [0, 0.05) is 0 Å². The Morgan fingerprint density at radius 3 is 0.944 bits per heavy atom. The van der Waals surface area contributed by atoms with E-state index in [4.69, 9.17) is 0 Å². The molecule has 0 N–H and O–H groups in total. The normalized spacial score (nSPS) is 6.89. The SMILES string of the molecule is C=CCC.C=CCC.C=CCC.C=CCCCC. The highest BCUT2D eigenvalue weighted by molar-refractivity contribution is 4.64. The molecule has 108 valence electrons. The summed E-state index contributed by atoms with van der Waals surface area (Å²) in [6.45, 7) is 22.4. The molecule has 0 heterocycles. The van der Waals surface area contributed by atoms with E-state index in [2.05, 4.69) is 54.0 Å². The zero-order chi connectivity index (χ0) is 15.1. The second-order valence-electron chi connectivity index (χ2n) is 3.52. The van der Waals surface area contributed by atoms with Gasteiger partial charge in [0.1, 0.15) is 0 Å². The minimum atomic E-state index is 1.08. The highest BCUT2D eigenvalue weighted by Crippen LogP contribution is 1.91. The van der Waals surface area contributed by atoms with Crippen LogP contribution in [-0.4, -0.2) is 0 Å². The van der Waals surface area contributed by atoms with Gasteiger partial charge in [0.25, 0.3) is 0 Å². The molecule has 0 aromatic heterocycles. The average Bonchev–Trinajstić information content (AvgIpc) is 2.45. The summed E-state index contributed by atoms with van der Waals surface area (Å²) in [5.74, 6) is 0. The maximum absolute atomic E-state index is 3.60. The van der Waals surface area contributed by atoms with Gasteiger partial charge in [0.2, 0.25) is 0 Å². The molecule has 0 rings (SSSR count). The third kappa shape index (κ3) is 119. The van der Waals surface area contributed by atoms with Gasteiger partial charge in [0.05, 0.1) is 0 Å². The minimum absolute atomic E-state index is 1.08. The van der Waals surface area contributed by atoms with Crippen LogP contribution < -0.4 is 0 Å². The van der Waals surface area contributed by atoms with Crippen LogP contribution in [0.4, 0.5) is 0 Å². The molecule has 0 aromatic carbocycles. The lowest BCUT2D eigenvalue weighted by molar-refractivity contribution is 0.816. The van der Waals surface area contributed by atoms with E-state index in [1.165, 1.54) is 19.3 Å². The van der Waals surface area contributed by atoms with E-state index in [-0.39, 0.29) is 0 Å². The molecule has 0 spiro atoms. The molecular formula is C18H36. The van der Waals surface area contributed by atoms with E-state index in [0.29, 0.717) is 0 Å². The first-order chi connectivity index (χ1) is 8.66. The first-order valence-electron chi connectivity index (χ1n) is 7.09. The van der Waals surface area contributed by atoms with Gasteiger partial charge >= 0.3 is 0 Å². The number of rotatable bonds is 6. The van der Waals surface area contributed by atoms with E-state index >= 15 is 0 Å². The molecule has 0 aliphatic carbocycles. The zero-order valence-electron chi connectivity index (χ0n) is 13.4. The molecule has 0 bridgehead atoms. The van der Waals surface area contributed by atoms with Gasteiger partial charge in [-0.05, 0) is 25.7 Å². The topological polar surface area (TPSA) is 0 Å². The maximum atomic E-state index is 3.60. The van der Waals surface area contributed by atoms with Crippen LogP contribution in [0.3, 0.4) is 0 Å². The van der Waals surface area contributed by atoms with Crippen molar-refractivity contribution in [3.05, 3.63) is 50.6 Å². The average molecular weight is 252 g/mol. The summed E-state index contributed by atoms with van der Waals surface area (Å²) < 4.78 is 0. The summed E-state index contributed by atoms with van der Waals surface area (Å²) in [5, 5.41) is 0. The largest absolute Gasteiger partial charge is 0.103 e. The van der Waals surface area contributed by atoms with Gasteiger partial charge in [-0.15, -0.1) is 26.3 Å². The van der Waals surface area contributed by atoms with Gasteiger partial charge < -0.3 is 0 Å². The molecular weight excluding hydrogens is 216 g/mol. The number of hydrogen-bond acceptors (Lipinski definition) is 0. The Labute approximate surface area is 117 Å².